The molecule has 1 aromatic rings. The van der Waals surface area contributed by atoms with Gasteiger partial charge in [-0.25, -0.2) is 18.4 Å². The number of benzene rings is 1. The third-order valence-corrected chi connectivity index (χ3v) is 4.91. The molecule has 0 saturated heterocycles. The summed E-state index contributed by atoms with van der Waals surface area (Å²) < 4.78 is 37.4. The molecule has 0 saturated carbocycles. The first-order chi connectivity index (χ1) is 13.1. The molecule has 2 rings (SSSR count). The molecule has 1 heterocycles. The summed E-state index contributed by atoms with van der Waals surface area (Å²) in [4.78, 5) is 25.2. The Labute approximate surface area is 171 Å². The fourth-order valence-electron chi connectivity index (χ4n) is 2.97. The van der Waals surface area contributed by atoms with Crippen LogP contribution in [-0.4, -0.2) is 31.6 Å². The van der Waals surface area contributed by atoms with Crippen LogP contribution in [0.25, 0.3) is 0 Å². The van der Waals surface area contributed by atoms with Crippen molar-refractivity contribution in [2.45, 2.75) is 39.2 Å². The summed E-state index contributed by atoms with van der Waals surface area (Å²) in [6, 6.07) is 4.56. The average molecular weight is 434 g/mol. The van der Waals surface area contributed by atoms with Gasteiger partial charge in [-0.2, -0.15) is 0 Å². The molecule has 0 aromatic heterocycles. The predicted octanol–water partition coefficient (Wildman–Crippen LogP) is 4.60. The molecule has 0 spiro atoms. The van der Waals surface area contributed by atoms with Gasteiger partial charge >= 0.3 is 11.9 Å². The maximum absolute atomic E-state index is 13.7. The number of esters is 2. The van der Waals surface area contributed by atoms with Gasteiger partial charge in [0, 0.05) is 5.70 Å². The highest BCUT2D eigenvalue weighted by atomic mass is 35.5. The second kappa shape index (κ2) is 8.92. The number of ether oxygens (including phenoxy) is 2. The summed E-state index contributed by atoms with van der Waals surface area (Å²) in [6.07, 6.45) is -3.49. The number of carbonyl (C=O) groups excluding carboxylic acids is 2. The van der Waals surface area contributed by atoms with Gasteiger partial charge in [-0.3, -0.25) is 0 Å². The Bertz CT molecular complexity index is 865. The van der Waals surface area contributed by atoms with Crippen LogP contribution in [0.3, 0.4) is 0 Å². The molecule has 1 N–H and O–H groups in total. The van der Waals surface area contributed by atoms with E-state index < -0.39 is 41.7 Å². The highest BCUT2D eigenvalue weighted by molar-refractivity contribution is 6.42. The number of dihydropyridines is 1. The highest BCUT2D eigenvalue weighted by Gasteiger charge is 2.42. The van der Waals surface area contributed by atoms with Crippen molar-refractivity contribution in [2.24, 2.45) is 0 Å². The highest BCUT2D eigenvalue weighted by Crippen LogP contribution is 2.44. The first-order valence-electron chi connectivity index (χ1n) is 8.33. The van der Waals surface area contributed by atoms with Gasteiger partial charge in [0.1, 0.15) is 0 Å². The van der Waals surface area contributed by atoms with E-state index in [9.17, 15) is 18.4 Å². The first-order valence-corrected chi connectivity index (χ1v) is 9.08. The summed E-state index contributed by atoms with van der Waals surface area (Å²) in [6.45, 7) is 4.74. The number of hydrogen-bond acceptors (Lipinski definition) is 5. The van der Waals surface area contributed by atoms with E-state index in [-0.39, 0.29) is 26.9 Å². The van der Waals surface area contributed by atoms with Gasteiger partial charge in [0.05, 0.1) is 46.0 Å². The van der Waals surface area contributed by atoms with Gasteiger partial charge in [0.25, 0.3) is 6.43 Å². The summed E-state index contributed by atoms with van der Waals surface area (Å²) in [7, 11) is 1.06. The van der Waals surface area contributed by atoms with E-state index in [4.69, 9.17) is 32.7 Å². The minimum atomic E-state index is -3.02. The largest absolute Gasteiger partial charge is 0.466 e. The Morgan fingerprint density at radius 1 is 1.14 bits per heavy atom. The van der Waals surface area contributed by atoms with Crippen molar-refractivity contribution in [2.75, 3.05) is 7.11 Å². The molecule has 0 fully saturated rings. The smallest absolute Gasteiger partial charge is 0.337 e. The second-order valence-corrected chi connectivity index (χ2v) is 7.10. The number of rotatable bonds is 5. The van der Waals surface area contributed by atoms with Crippen LogP contribution in [0.4, 0.5) is 8.78 Å². The zero-order valence-electron chi connectivity index (χ0n) is 15.6. The Balaban J connectivity index is 2.81. The monoisotopic (exact) mass is 433 g/mol. The number of halogens is 4. The van der Waals surface area contributed by atoms with Gasteiger partial charge in [0.2, 0.25) is 0 Å². The van der Waals surface area contributed by atoms with Crippen LogP contribution >= 0.6 is 23.2 Å². The average Bonchev–Trinajstić information content (AvgIpc) is 2.61. The van der Waals surface area contributed by atoms with Crippen LogP contribution in [0, 0.1) is 0 Å². The Hall–Kier alpha value is -2.12. The molecule has 0 amide bonds. The van der Waals surface area contributed by atoms with Gasteiger partial charge in [-0.15, -0.1) is 0 Å². The van der Waals surface area contributed by atoms with Crippen LogP contribution in [0.2, 0.25) is 10.0 Å². The maximum Gasteiger partial charge on any atom is 0.337 e. The minimum absolute atomic E-state index is 0.0253. The Morgan fingerprint density at radius 3 is 2.32 bits per heavy atom. The zero-order valence-corrected chi connectivity index (χ0v) is 17.1. The maximum atomic E-state index is 13.7. The molecule has 1 aliphatic heterocycles. The van der Waals surface area contributed by atoms with Crippen LogP contribution in [0.1, 0.15) is 32.3 Å². The lowest BCUT2D eigenvalue weighted by Crippen LogP contribution is -2.36. The lowest BCUT2D eigenvalue weighted by atomic mass is 9.80. The van der Waals surface area contributed by atoms with Gasteiger partial charge in [-0.05, 0) is 32.4 Å². The molecular weight excluding hydrogens is 415 g/mol. The van der Waals surface area contributed by atoms with Crippen molar-refractivity contribution in [3.8, 4) is 0 Å². The normalized spacial score (nSPS) is 17.1. The number of methoxy groups -OCH3 is 1. The fourth-order valence-corrected chi connectivity index (χ4v) is 3.38. The topological polar surface area (TPSA) is 64.6 Å². The van der Waals surface area contributed by atoms with Crippen LogP contribution in [0.5, 0.6) is 0 Å². The number of alkyl halides is 2. The number of allylic oxidation sites excluding steroid dienone is 2. The molecule has 9 heteroatoms. The fraction of sp³-hybridized carbons (Fsp3) is 0.368. The zero-order chi connectivity index (χ0) is 21.2. The van der Waals surface area contributed by atoms with E-state index in [0.717, 1.165) is 7.11 Å². The van der Waals surface area contributed by atoms with Crippen molar-refractivity contribution in [1.29, 1.82) is 0 Å². The summed E-state index contributed by atoms with van der Waals surface area (Å²) in [5.74, 6) is -3.03. The SMILES string of the molecule is COC(=O)C1=C(C(F)F)NC(C)=C(C(=O)OC(C)C)C1c1cccc(Cl)c1Cl. The van der Waals surface area contributed by atoms with E-state index in [0.29, 0.717) is 0 Å². The first kappa shape index (κ1) is 22.2. The van der Waals surface area contributed by atoms with Crippen molar-refractivity contribution >= 4 is 35.1 Å². The third-order valence-electron chi connectivity index (χ3n) is 4.07. The lowest BCUT2D eigenvalue weighted by Gasteiger charge is -2.32. The number of carbonyl (C=O) groups is 2. The molecule has 152 valence electrons. The van der Waals surface area contributed by atoms with Crippen molar-refractivity contribution in [3.63, 3.8) is 0 Å². The summed E-state index contributed by atoms with van der Waals surface area (Å²) >= 11 is 12.4. The molecule has 28 heavy (non-hydrogen) atoms. The molecule has 1 unspecified atom stereocenters. The van der Waals surface area contributed by atoms with E-state index >= 15 is 0 Å². The van der Waals surface area contributed by atoms with E-state index in [1.54, 1.807) is 19.9 Å². The molecular formula is C19H19Cl2F2NO4. The standard InChI is InChI=1S/C19H19Cl2F2NO4/c1-8(2)28-19(26)12-9(3)24-16(17(22)23)14(18(25)27-4)13(12)10-6-5-7-11(20)15(10)21/h5-8,13,17,24H,1-4H3. The van der Waals surface area contributed by atoms with E-state index in [1.807, 2.05) is 0 Å². The van der Waals surface area contributed by atoms with Gasteiger partial charge in [0.15, 0.2) is 0 Å². The molecule has 1 aromatic carbocycles. The molecule has 0 radical (unpaired) electrons. The summed E-state index contributed by atoms with van der Waals surface area (Å²) in [5, 5.41) is 2.63. The van der Waals surface area contributed by atoms with E-state index in [1.165, 1.54) is 19.1 Å². The predicted molar refractivity (Wildman–Crippen MR) is 101 cm³/mol. The van der Waals surface area contributed by atoms with Crippen molar-refractivity contribution in [1.82, 2.24) is 5.32 Å². The molecule has 0 aliphatic carbocycles. The Morgan fingerprint density at radius 2 is 1.79 bits per heavy atom. The third kappa shape index (κ3) is 4.31. The quantitative estimate of drug-likeness (QED) is 0.687. The second-order valence-electron chi connectivity index (χ2n) is 6.31. The summed E-state index contributed by atoms with van der Waals surface area (Å²) in [5.41, 5.74) is -0.781. The van der Waals surface area contributed by atoms with Crippen molar-refractivity contribution in [3.05, 3.63) is 56.3 Å². The van der Waals surface area contributed by atoms with E-state index in [2.05, 4.69) is 5.32 Å². The molecule has 1 atom stereocenters. The molecule has 1 aliphatic rings. The van der Waals surface area contributed by atoms with Gasteiger partial charge < -0.3 is 14.8 Å². The lowest BCUT2D eigenvalue weighted by molar-refractivity contribution is -0.143. The minimum Gasteiger partial charge on any atom is -0.466 e. The molecule has 5 nitrogen and oxygen atoms in total. The molecule has 0 bridgehead atoms. The van der Waals surface area contributed by atoms with Crippen LogP contribution < -0.4 is 5.32 Å². The Kier molecular flexibility index (Phi) is 7.06. The van der Waals surface area contributed by atoms with Crippen molar-refractivity contribution < 1.29 is 27.8 Å². The number of nitrogens with one attached hydrogen (secondary N) is 1. The van der Waals surface area contributed by atoms with Crippen LogP contribution in [0.15, 0.2) is 40.7 Å². The van der Waals surface area contributed by atoms with Gasteiger partial charge in [-0.1, -0.05) is 35.3 Å². The van der Waals surface area contributed by atoms with Crippen LogP contribution in [-0.2, 0) is 19.1 Å². The number of hydrogen-bond donors (Lipinski definition) is 1.